The molecule has 0 fully saturated rings. The van der Waals surface area contributed by atoms with E-state index in [1.165, 1.54) is 19.2 Å². The number of benzene rings is 1. The molecule has 0 aliphatic carbocycles. The third-order valence-electron chi connectivity index (χ3n) is 2.68. The molecule has 0 spiro atoms. The van der Waals surface area contributed by atoms with Gasteiger partial charge in [0, 0.05) is 18.4 Å². The monoisotopic (exact) mass is 273 g/mol. The van der Waals surface area contributed by atoms with Crippen LogP contribution in [0.4, 0.5) is 5.69 Å². The number of hydrogen-bond donors (Lipinski definition) is 1. The lowest BCUT2D eigenvalue weighted by molar-refractivity contribution is -0.385. The van der Waals surface area contributed by atoms with Gasteiger partial charge < -0.3 is 9.63 Å². The number of nitro benzene ring substituents is 1. The van der Waals surface area contributed by atoms with E-state index in [0.717, 1.165) is 5.56 Å². The summed E-state index contributed by atoms with van der Waals surface area (Å²) in [6.45, 7) is 1.66. The van der Waals surface area contributed by atoms with Crippen molar-refractivity contribution in [2.75, 3.05) is 19.4 Å². The molecule has 0 aromatic heterocycles. The van der Waals surface area contributed by atoms with Gasteiger partial charge in [0.1, 0.15) is 0 Å². The second-order valence-corrected chi connectivity index (χ2v) is 6.67. The van der Waals surface area contributed by atoms with Crippen LogP contribution in [-0.4, -0.2) is 29.3 Å². The van der Waals surface area contributed by atoms with Gasteiger partial charge in [-0.05, 0) is 18.1 Å². The van der Waals surface area contributed by atoms with Gasteiger partial charge in [0.15, 0.2) is 5.75 Å². The van der Waals surface area contributed by atoms with Crippen LogP contribution in [0.15, 0.2) is 18.2 Å². The molecule has 1 aromatic carbocycles. The van der Waals surface area contributed by atoms with Crippen molar-refractivity contribution in [3.05, 3.63) is 33.9 Å². The molecular weight excluding hydrogens is 257 g/mol. The van der Waals surface area contributed by atoms with Crippen LogP contribution in [-0.2, 0) is 11.0 Å². The van der Waals surface area contributed by atoms with Crippen molar-refractivity contribution in [2.24, 2.45) is 0 Å². The first-order valence-corrected chi connectivity index (χ1v) is 7.54. The molecule has 0 bridgehead atoms. The summed E-state index contributed by atoms with van der Waals surface area (Å²) in [5, 5.41) is 10.7. The van der Waals surface area contributed by atoms with Gasteiger partial charge in [-0.1, -0.05) is 13.0 Å². The fraction of sp³-hybridized carbons (Fsp3) is 0.455. The summed E-state index contributed by atoms with van der Waals surface area (Å²) in [6, 6.07) is 4.46. The number of hydrogen-bond acceptors (Lipinski definition) is 4. The molecule has 0 heterocycles. The van der Waals surface area contributed by atoms with Crippen molar-refractivity contribution in [2.45, 2.75) is 13.3 Å². The number of ether oxygens (including phenoxy) is 1. The van der Waals surface area contributed by atoms with Crippen LogP contribution in [0.2, 0.25) is 0 Å². The van der Waals surface area contributed by atoms with Gasteiger partial charge >= 0.3 is 5.69 Å². The molecule has 0 radical (unpaired) electrons. The predicted octanol–water partition coefficient (Wildman–Crippen LogP) is 2.44. The summed E-state index contributed by atoms with van der Waals surface area (Å²) in [7, 11) is -1.71. The zero-order valence-electron chi connectivity index (χ0n) is 10.3. The lowest BCUT2D eigenvalue weighted by atomic mass is 10.1. The highest BCUT2D eigenvalue weighted by molar-refractivity contribution is 7.57. The van der Waals surface area contributed by atoms with Gasteiger partial charge in [-0.2, -0.15) is 0 Å². The number of aryl methyl sites for hydroxylation is 1. The Labute approximate surface area is 105 Å². The Balaban J connectivity index is 2.86. The molecule has 0 aliphatic heterocycles. The zero-order valence-corrected chi connectivity index (χ0v) is 11.2. The smallest absolute Gasteiger partial charge is 0.310 e. The Bertz CT molecular complexity index is 488. The van der Waals surface area contributed by atoms with Crippen LogP contribution >= 0.6 is 7.37 Å². The van der Waals surface area contributed by atoms with Crippen molar-refractivity contribution < 1.29 is 19.1 Å². The summed E-state index contributed by atoms with van der Waals surface area (Å²) in [6.07, 6.45) is 0.803. The molecule has 0 amide bonds. The first-order chi connectivity index (χ1) is 8.39. The Kier molecular flexibility index (Phi) is 4.87. The number of methoxy groups -OCH3 is 1. The van der Waals surface area contributed by atoms with Crippen LogP contribution < -0.4 is 4.74 Å². The maximum absolute atomic E-state index is 11.5. The van der Waals surface area contributed by atoms with E-state index in [9.17, 15) is 19.6 Å². The largest absolute Gasteiger partial charge is 0.490 e. The normalized spacial score (nSPS) is 13.9. The molecule has 0 saturated carbocycles. The molecule has 1 N–H and O–H groups in total. The Morgan fingerprint density at radius 2 is 2.17 bits per heavy atom. The quantitative estimate of drug-likeness (QED) is 0.488. The Morgan fingerprint density at radius 3 is 2.67 bits per heavy atom. The lowest BCUT2D eigenvalue weighted by Crippen LogP contribution is -1.99. The molecule has 0 saturated heterocycles. The van der Waals surface area contributed by atoms with E-state index < -0.39 is 12.3 Å². The average Bonchev–Trinajstić information content (AvgIpc) is 2.36. The van der Waals surface area contributed by atoms with Gasteiger partial charge in [-0.3, -0.25) is 14.7 Å². The maximum Gasteiger partial charge on any atom is 0.310 e. The highest BCUT2D eigenvalue weighted by atomic mass is 31.2. The second kappa shape index (κ2) is 5.98. The molecule has 100 valence electrons. The van der Waals surface area contributed by atoms with Crippen molar-refractivity contribution in [1.29, 1.82) is 0 Å². The minimum atomic E-state index is -3.07. The van der Waals surface area contributed by atoms with E-state index in [-0.39, 0.29) is 23.8 Å². The van der Waals surface area contributed by atoms with Crippen molar-refractivity contribution in [3.63, 3.8) is 0 Å². The second-order valence-electron chi connectivity index (χ2n) is 3.90. The molecule has 6 nitrogen and oxygen atoms in total. The number of rotatable bonds is 6. The van der Waals surface area contributed by atoms with E-state index >= 15 is 0 Å². The van der Waals surface area contributed by atoms with E-state index in [4.69, 9.17) is 4.74 Å². The van der Waals surface area contributed by atoms with Gasteiger partial charge in [0.2, 0.25) is 7.37 Å². The van der Waals surface area contributed by atoms with E-state index in [0.29, 0.717) is 6.42 Å². The third kappa shape index (κ3) is 3.82. The summed E-state index contributed by atoms with van der Waals surface area (Å²) < 4.78 is 16.4. The topological polar surface area (TPSA) is 89.7 Å². The minimum Gasteiger partial charge on any atom is -0.490 e. The number of nitrogens with zero attached hydrogens (tertiary/aromatic N) is 1. The first-order valence-electron chi connectivity index (χ1n) is 5.51. The third-order valence-corrected chi connectivity index (χ3v) is 4.60. The number of nitro groups is 1. The summed E-state index contributed by atoms with van der Waals surface area (Å²) in [4.78, 5) is 19.6. The van der Waals surface area contributed by atoms with Gasteiger partial charge in [-0.15, -0.1) is 0 Å². The van der Waals surface area contributed by atoms with E-state index in [2.05, 4.69) is 0 Å². The van der Waals surface area contributed by atoms with Gasteiger partial charge in [0.25, 0.3) is 0 Å². The zero-order chi connectivity index (χ0) is 13.8. The Hall–Kier alpha value is -1.39. The molecule has 18 heavy (non-hydrogen) atoms. The van der Waals surface area contributed by atoms with Crippen LogP contribution in [0.1, 0.15) is 12.5 Å². The molecule has 1 atom stereocenters. The average molecular weight is 273 g/mol. The highest BCUT2D eigenvalue weighted by Gasteiger charge is 2.17. The highest BCUT2D eigenvalue weighted by Crippen LogP contribution is 2.40. The van der Waals surface area contributed by atoms with Crippen molar-refractivity contribution >= 4 is 13.1 Å². The molecular formula is C11H16NO5P. The van der Waals surface area contributed by atoms with Crippen molar-refractivity contribution in [3.8, 4) is 5.75 Å². The first kappa shape index (κ1) is 14.7. The summed E-state index contributed by atoms with van der Waals surface area (Å²) in [5.74, 6) is 0.168. The molecule has 1 rings (SSSR count). The summed E-state index contributed by atoms with van der Waals surface area (Å²) in [5.41, 5.74) is 0.643. The van der Waals surface area contributed by atoms with Crippen LogP contribution in [0.3, 0.4) is 0 Å². The van der Waals surface area contributed by atoms with Crippen LogP contribution in [0.5, 0.6) is 5.75 Å². The predicted molar refractivity (Wildman–Crippen MR) is 68.6 cm³/mol. The summed E-state index contributed by atoms with van der Waals surface area (Å²) >= 11 is 0. The SMILES string of the molecule is CCP(=O)(O)CCc1ccc([N+](=O)[O-])c(OC)c1. The fourth-order valence-electron chi connectivity index (χ4n) is 1.49. The Morgan fingerprint density at radius 1 is 1.50 bits per heavy atom. The van der Waals surface area contributed by atoms with Crippen LogP contribution in [0, 0.1) is 10.1 Å². The standard InChI is InChI=1S/C11H16NO5P/c1-3-18(15,16)7-6-9-4-5-10(12(13)14)11(8-9)17-2/h4-5,8H,3,6-7H2,1-2H3,(H,15,16). The van der Waals surface area contributed by atoms with E-state index in [1.807, 2.05) is 0 Å². The van der Waals surface area contributed by atoms with Gasteiger partial charge in [0.05, 0.1) is 12.0 Å². The molecule has 1 unspecified atom stereocenters. The van der Waals surface area contributed by atoms with Crippen molar-refractivity contribution in [1.82, 2.24) is 0 Å². The molecule has 1 aromatic rings. The maximum atomic E-state index is 11.5. The van der Waals surface area contributed by atoms with E-state index in [1.54, 1.807) is 13.0 Å². The van der Waals surface area contributed by atoms with Crippen LogP contribution in [0.25, 0.3) is 0 Å². The molecule has 7 heteroatoms. The lowest BCUT2D eigenvalue weighted by Gasteiger charge is -2.09. The molecule has 0 aliphatic rings. The fourth-order valence-corrected chi connectivity index (χ4v) is 2.41. The van der Waals surface area contributed by atoms with Gasteiger partial charge in [-0.25, -0.2) is 0 Å². The minimum absolute atomic E-state index is 0.107.